The van der Waals surface area contributed by atoms with E-state index < -0.39 is 0 Å². The molecule has 0 bridgehead atoms. The lowest BCUT2D eigenvalue weighted by Gasteiger charge is -2.14. The molecule has 1 aliphatic carbocycles. The van der Waals surface area contributed by atoms with Crippen LogP contribution in [0.15, 0.2) is 36.4 Å². The molecule has 0 spiro atoms. The Bertz CT molecular complexity index is 576. The summed E-state index contributed by atoms with van der Waals surface area (Å²) in [4.78, 5) is 8.64. The van der Waals surface area contributed by atoms with E-state index in [9.17, 15) is 0 Å². The summed E-state index contributed by atoms with van der Waals surface area (Å²) >= 11 is 5.98. The fraction of sp³-hybridized carbons (Fsp3) is 0.143. The molecule has 1 aromatic carbocycles. The number of fused-ring (bicyclic) bond motifs is 1. The van der Waals surface area contributed by atoms with Crippen LogP contribution in [0.25, 0.3) is 17.3 Å². The van der Waals surface area contributed by atoms with Gasteiger partial charge in [-0.3, -0.25) is 0 Å². The maximum Gasteiger partial charge on any atom is 0.223 e. The standard InChI is InChI=1S/C14H11ClN2/c15-14-16-12-9-5-4-8-11(12)13(17-14)10-6-2-1-3-7-10/h1-3,5-7,9H,4,8H2. The number of hydrogen-bond acceptors (Lipinski definition) is 2. The molecule has 0 amide bonds. The molecule has 0 unspecified atom stereocenters. The van der Waals surface area contributed by atoms with Crippen LogP contribution in [0.3, 0.4) is 0 Å². The topological polar surface area (TPSA) is 25.8 Å². The third-order valence-electron chi connectivity index (χ3n) is 2.90. The summed E-state index contributed by atoms with van der Waals surface area (Å²) < 4.78 is 0. The summed E-state index contributed by atoms with van der Waals surface area (Å²) in [7, 11) is 0. The molecule has 0 radical (unpaired) electrons. The van der Waals surface area contributed by atoms with Crippen LogP contribution >= 0.6 is 11.6 Å². The molecule has 1 aliphatic rings. The first-order valence-electron chi connectivity index (χ1n) is 5.63. The molecule has 84 valence electrons. The quantitative estimate of drug-likeness (QED) is 0.712. The van der Waals surface area contributed by atoms with Crippen molar-refractivity contribution in [3.63, 3.8) is 0 Å². The van der Waals surface area contributed by atoms with Crippen LogP contribution in [0.4, 0.5) is 0 Å². The predicted molar refractivity (Wildman–Crippen MR) is 69.8 cm³/mol. The van der Waals surface area contributed by atoms with Gasteiger partial charge < -0.3 is 0 Å². The zero-order valence-electron chi connectivity index (χ0n) is 9.23. The molecule has 0 fully saturated rings. The lowest BCUT2D eigenvalue weighted by molar-refractivity contribution is 0.944. The van der Waals surface area contributed by atoms with Gasteiger partial charge in [0.15, 0.2) is 0 Å². The summed E-state index contributed by atoms with van der Waals surface area (Å²) in [5.74, 6) is 0. The van der Waals surface area contributed by atoms with E-state index in [4.69, 9.17) is 11.6 Å². The Kier molecular flexibility index (Phi) is 2.65. The van der Waals surface area contributed by atoms with Gasteiger partial charge in [0.25, 0.3) is 0 Å². The maximum absolute atomic E-state index is 5.98. The molecule has 0 saturated heterocycles. The van der Waals surface area contributed by atoms with Gasteiger partial charge >= 0.3 is 0 Å². The van der Waals surface area contributed by atoms with Crippen molar-refractivity contribution in [2.24, 2.45) is 0 Å². The van der Waals surface area contributed by atoms with Crippen molar-refractivity contribution >= 4 is 17.7 Å². The highest BCUT2D eigenvalue weighted by Crippen LogP contribution is 2.29. The summed E-state index contributed by atoms with van der Waals surface area (Å²) in [5.41, 5.74) is 4.21. The SMILES string of the molecule is Clc1nc2c(c(-c3ccccc3)n1)CCC=C2. The van der Waals surface area contributed by atoms with Crippen LogP contribution in [-0.2, 0) is 6.42 Å². The van der Waals surface area contributed by atoms with Gasteiger partial charge in [-0.15, -0.1) is 0 Å². The lowest BCUT2D eigenvalue weighted by atomic mass is 9.97. The van der Waals surface area contributed by atoms with Crippen LogP contribution in [-0.4, -0.2) is 9.97 Å². The smallest absolute Gasteiger partial charge is 0.218 e. The van der Waals surface area contributed by atoms with Gasteiger partial charge in [0.1, 0.15) is 0 Å². The number of allylic oxidation sites excluding steroid dienone is 1. The lowest BCUT2D eigenvalue weighted by Crippen LogP contribution is -2.03. The number of rotatable bonds is 1. The zero-order valence-corrected chi connectivity index (χ0v) is 9.98. The summed E-state index contributed by atoms with van der Waals surface area (Å²) in [6, 6.07) is 10.1. The molecule has 2 aromatic rings. The molecule has 1 aromatic heterocycles. The molecule has 0 atom stereocenters. The van der Waals surface area contributed by atoms with Crippen molar-refractivity contribution < 1.29 is 0 Å². The van der Waals surface area contributed by atoms with Crippen LogP contribution in [0.2, 0.25) is 5.28 Å². The van der Waals surface area contributed by atoms with Gasteiger partial charge in [-0.25, -0.2) is 9.97 Å². The monoisotopic (exact) mass is 242 g/mol. The summed E-state index contributed by atoms with van der Waals surface area (Å²) in [5, 5.41) is 0.314. The number of halogens is 1. The molecule has 0 saturated carbocycles. The molecule has 1 heterocycles. The second kappa shape index (κ2) is 4.30. The summed E-state index contributed by atoms with van der Waals surface area (Å²) in [6.45, 7) is 0. The Morgan fingerprint density at radius 2 is 1.88 bits per heavy atom. The van der Waals surface area contributed by atoms with Crippen LogP contribution < -0.4 is 0 Å². The minimum Gasteiger partial charge on any atom is -0.218 e. The van der Waals surface area contributed by atoms with Crippen LogP contribution in [0.1, 0.15) is 17.7 Å². The van der Waals surface area contributed by atoms with Crippen molar-refractivity contribution in [2.45, 2.75) is 12.8 Å². The molecule has 0 N–H and O–H groups in total. The average molecular weight is 243 g/mol. The zero-order chi connectivity index (χ0) is 11.7. The van der Waals surface area contributed by atoms with E-state index >= 15 is 0 Å². The Labute approximate surface area is 105 Å². The average Bonchev–Trinajstić information content (AvgIpc) is 2.39. The minimum absolute atomic E-state index is 0.314. The number of nitrogens with zero attached hydrogens (tertiary/aromatic N) is 2. The Morgan fingerprint density at radius 3 is 2.71 bits per heavy atom. The number of benzene rings is 1. The van der Waals surface area contributed by atoms with Crippen molar-refractivity contribution in [3.05, 3.63) is 52.9 Å². The van der Waals surface area contributed by atoms with Crippen molar-refractivity contribution in [1.29, 1.82) is 0 Å². The van der Waals surface area contributed by atoms with Gasteiger partial charge in [-0.1, -0.05) is 36.4 Å². The first-order valence-corrected chi connectivity index (χ1v) is 6.01. The van der Waals surface area contributed by atoms with E-state index in [1.54, 1.807) is 0 Å². The maximum atomic E-state index is 5.98. The van der Waals surface area contributed by atoms with Crippen LogP contribution in [0.5, 0.6) is 0 Å². The third kappa shape index (κ3) is 1.96. The van der Waals surface area contributed by atoms with E-state index in [1.807, 2.05) is 24.3 Å². The first-order chi connectivity index (χ1) is 8.34. The summed E-state index contributed by atoms with van der Waals surface area (Å²) in [6.07, 6.45) is 6.17. The third-order valence-corrected chi connectivity index (χ3v) is 3.06. The number of hydrogen-bond donors (Lipinski definition) is 0. The van der Waals surface area contributed by atoms with E-state index in [0.29, 0.717) is 5.28 Å². The molecule has 2 nitrogen and oxygen atoms in total. The first kappa shape index (κ1) is 10.5. The predicted octanol–water partition coefficient (Wildman–Crippen LogP) is 3.76. The Hall–Kier alpha value is -1.67. The van der Waals surface area contributed by atoms with Gasteiger partial charge in [-0.2, -0.15) is 0 Å². The highest BCUT2D eigenvalue weighted by atomic mass is 35.5. The van der Waals surface area contributed by atoms with Crippen LogP contribution in [0, 0.1) is 0 Å². The molecule has 17 heavy (non-hydrogen) atoms. The second-order valence-electron chi connectivity index (χ2n) is 4.01. The highest BCUT2D eigenvalue weighted by Gasteiger charge is 2.15. The Morgan fingerprint density at radius 1 is 1.06 bits per heavy atom. The molecular weight excluding hydrogens is 232 g/mol. The van der Waals surface area contributed by atoms with Gasteiger partial charge in [-0.05, 0) is 30.5 Å². The van der Waals surface area contributed by atoms with Gasteiger partial charge in [0.05, 0.1) is 11.4 Å². The molecule has 0 aliphatic heterocycles. The van der Waals surface area contributed by atoms with Crippen molar-refractivity contribution in [3.8, 4) is 11.3 Å². The fourth-order valence-electron chi connectivity index (χ4n) is 2.11. The normalized spacial score (nSPS) is 13.5. The highest BCUT2D eigenvalue weighted by molar-refractivity contribution is 6.28. The van der Waals surface area contributed by atoms with E-state index in [2.05, 4.69) is 28.2 Å². The van der Waals surface area contributed by atoms with Crippen molar-refractivity contribution in [2.75, 3.05) is 0 Å². The van der Waals surface area contributed by atoms with E-state index in [0.717, 1.165) is 29.8 Å². The van der Waals surface area contributed by atoms with Gasteiger partial charge in [0, 0.05) is 11.1 Å². The van der Waals surface area contributed by atoms with E-state index in [-0.39, 0.29) is 0 Å². The number of aromatic nitrogens is 2. The molecule has 3 rings (SSSR count). The molecular formula is C14H11ClN2. The Balaban J connectivity index is 2.23. The largest absolute Gasteiger partial charge is 0.223 e. The second-order valence-corrected chi connectivity index (χ2v) is 4.35. The van der Waals surface area contributed by atoms with E-state index in [1.165, 1.54) is 5.56 Å². The molecule has 3 heteroatoms. The van der Waals surface area contributed by atoms with Gasteiger partial charge in [0.2, 0.25) is 5.28 Å². The fourth-order valence-corrected chi connectivity index (χ4v) is 2.29. The minimum atomic E-state index is 0.314. The van der Waals surface area contributed by atoms with Crippen molar-refractivity contribution in [1.82, 2.24) is 9.97 Å².